The van der Waals surface area contributed by atoms with Gasteiger partial charge < -0.3 is 10.3 Å². The topological polar surface area (TPSA) is 62.7 Å². The molecule has 0 radical (unpaired) electrons. The van der Waals surface area contributed by atoms with Crippen molar-refractivity contribution in [3.05, 3.63) is 46.9 Å². The Morgan fingerprint density at radius 3 is 2.88 bits per heavy atom. The lowest BCUT2D eigenvalue weighted by molar-refractivity contribution is -0.116. The van der Waals surface area contributed by atoms with Crippen LogP contribution in [0.1, 0.15) is 48.3 Å². The van der Waals surface area contributed by atoms with Crippen molar-refractivity contribution in [3.8, 4) is 0 Å². The summed E-state index contributed by atoms with van der Waals surface area (Å²) in [6, 6.07) is 8.25. The van der Waals surface area contributed by atoms with E-state index >= 15 is 0 Å². The number of amides is 1. The first-order valence-corrected chi connectivity index (χ1v) is 9.54. The number of hydrogen-bond donors (Lipinski definition) is 2. The van der Waals surface area contributed by atoms with E-state index in [0.717, 1.165) is 42.9 Å². The van der Waals surface area contributed by atoms with E-state index in [9.17, 15) is 4.79 Å². The third-order valence-electron chi connectivity index (χ3n) is 5.26. The highest BCUT2D eigenvalue weighted by atomic mass is 16.1. The Morgan fingerprint density at radius 1 is 1.23 bits per heavy atom. The smallest absolute Gasteiger partial charge is 0.224 e. The Morgan fingerprint density at radius 2 is 2.08 bits per heavy atom. The number of nitrogens with one attached hydrogen (secondary N) is 2. The molecule has 0 unspecified atom stereocenters. The number of benzene rings is 1. The molecular weight excluding hydrogens is 324 g/mol. The molecule has 0 spiro atoms. The largest absolute Gasteiger partial charge is 0.358 e. The molecule has 26 heavy (non-hydrogen) atoms. The summed E-state index contributed by atoms with van der Waals surface area (Å²) in [5.74, 6) is 0.0651. The average molecular weight is 350 g/mol. The van der Waals surface area contributed by atoms with Crippen LogP contribution >= 0.6 is 0 Å². The van der Waals surface area contributed by atoms with Crippen molar-refractivity contribution in [2.24, 2.45) is 0 Å². The predicted molar refractivity (Wildman–Crippen MR) is 105 cm³/mol. The van der Waals surface area contributed by atoms with E-state index in [0.29, 0.717) is 6.42 Å². The predicted octanol–water partition coefficient (Wildman–Crippen LogP) is 4.28. The zero-order chi connectivity index (χ0) is 18.1. The van der Waals surface area contributed by atoms with E-state index in [4.69, 9.17) is 0 Å². The molecule has 3 aromatic rings. The van der Waals surface area contributed by atoms with E-state index in [1.54, 1.807) is 0 Å². The third-order valence-corrected chi connectivity index (χ3v) is 5.26. The minimum absolute atomic E-state index is 0.0651. The van der Waals surface area contributed by atoms with Crippen molar-refractivity contribution in [2.45, 2.75) is 58.9 Å². The van der Waals surface area contributed by atoms with Gasteiger partial charge in [0.25, 0.3) is 0 Å². The van der Waals surface area contributed by atoms with E-state index in [2.05, 4.69) is 33.6 Å². The number of carbonyl (C=O) groups is 1. The molecule has 136 valence electrons. The SMILES string of the molecule is Cc1cc(C)n(CCCC(=O)Nc2ccc3[nH]c4c(c3c2)CCCC4)n1. The van der Waals surface area contributed by atoms with Crippen molar-refractivity contribution < 1.29 is 4.79 Å². The maximum absolute atomic E-state index is 12.3. The van der Waals surface area contributed by atoms with Gasteiger partial charge in [0, 0.05) is 40.9 Å². The molecule has 1 aliphatic carbocycles. The second kappa shape index (κ2) is 6.98. The quantitative estimate of drug-likeness (QED) is 0.721. The molecule has 0 saturated heterocycles. The number of aromatic amines is 1. The number of H-pyrrole nitrogens is 1. The number of rotatable bonds is 5. The first kappa shape index (κ1) is 16.9. The van der Waals surface area contributed by atoms with Crippen LogP contribution in [-0.4, -0.2) is 20.7 Å². The highest BCUT2D eigenvalue weighted by Gasteiger charge is 2.15. The summed E-state index contributed by atoms with van der Waals surface area (Å²) >= 11 is 0. The first-order chi connectivity index (χ1) is 12.6. The van der Waals surface area contributed by atoms with Crippen molar-refractivity contribution >= 4 is 22.5 Å². The number of fused-ring (bicyclic) bond motifs is 3. The van der Waals surface area contributed by atoms with Crippen LogP contribution in [0.4, 0.5) is 5.69 Å². The number of anilines is 1. The van der Waals surface area contributed by atoms with E-state index in [-0.39, 0.29) is 5.91 Å². The normalized spacial score (nSPS) is 13.8. The van der Waals surface area contributed by atoms with Crippen LogP contribution in [-0.2, 0) is 24.2 Å². The Balaban J connectivity index is 1.38. The molecular formula is C21H26N4O. The highest BCUT2D eigenvalue weighted by molar-refractivity contribution is 5.95. The minimum Gasteiger partial charge on any atom is -0.358 e. The van der Waals surface area contributed by atoms with Crippen LogP contribution < -0.4 is 5.32 Å². The van der Waals surface area contributed by atoms with Gasteiger partial charge in [0.2, 0.25) is 5.91 Å². The molecule has 5 nitrogen and oxygen atoms in total. The highest BCUT2D eigenvalue weighted by Crippen LogP contribution is 2.30. The molecule has 2 aromatic heterocycles. The van der Waals surface area contributed by atoms with Crippen molar-refractivity contribution in [1.29, 1.82) is 0 Å². The molecule has 0 saturated carbocycles. The molecule has 4 rings (SSSR count). The van der Waals surface area contributed by atoms with Crippen LogP contribution in [0.2, 0.25) is 0 Å². The lowest BCUT2D eigenvalue weighted by Gasteiger charge is -2.11. The second-order valence-electron chi connectivity index (χ2n) is 7.35. The van der Waals surface area contributed by atoms with Crippen molar-refractivity contribution in [3.63, 3.8) is 0 Å². The molecule has 5 heteroatoms. The van der Waals surface area contributed by atoms with Gasteiger partial charge in [0.15, 0.2) is 0 Å². The summed E-state index contributed by atoms with van der Waals surface area (Å²) in [4.78, 5) is 15.8. The number of carbonyl (C=O) groups excluding carboxylic acids is 1. The molecule has 0 aliphatic heterocycles. The minimum atomic E-state index is 0.0651. The molecule has 0 bridgehead atoms. The molecule has 2 N–H and O–H groups in total. The van der Waals surface area contributed by atoms with E-state index < -0.39 is 0 Å². The van der Waals surface area contributed by atoms with Gasteiger partial charge in [-0.05, 0) is 75.8 Å². The Bertz CT molecular complexity index is 950. The third kappa shape index (κ3) is 3.39. The van der Waals surface area contributed by atoms with Gasteiger partial charge in [0.1, 0.15) is 0 Å². The van der Waals surface area contributed by atoms with Crippen LogP contribution in [0.5, 0.6) is 0 Å². The zero-order valence-electron chi connectivity index (χ0n) is 15.6. The molecule has 2 heterocycles. The number of aromatic nitrogens is 3. The monoisotopic (exact) mass is 350 g/mol. The van der Waals surface area contributed by atoms with Crippen LogP contribution in [0.15, 0.2) is 24.3 Å². The van der Waals surface area contributed by atoms with Crippen molar-refractivity contribution in [1.82, 2.24) is 14.8 Å². The van der Waals surface area contributed by atoms with Gasteiger partial charge in [-0.1, -0.05) is 0 Å². The van der Waals surface area contributed by atoms with Gasteiger partial charge in [-0.15, -0.1) is 0 Å². The maximum atomic E-state index is 12.3. The molecule has 0 atom stereocenters. The Kier molecular flexibility index (Phi) is 4.53. The Labute approximate surface area is 153 Å². The van der Waals surface area contributed by atoms with Gasteiger partial charge in [-0.2, -0.15) is 5.10 Å². The summed E-state index contributed by atoms with van der Waals surface area (Å²) < 4.78 is 1.97. The summed E-state index contributed by atoms with van der Waals surface area (Å²) in [7, 11) is 0. The summed E-state index contributed by atoms with van der Waals surface area (Å²) in [5.41, 5.74) is 7.05. The Hall–Kier alpha value is -2.56. The first-order valence-electron chi connectivity index (χ1n) is 9.54. The lowest BCUT2D eigenvalue weighted by atomic mass is 9.95. The van der Waals surface area contributed by atoms with Gasteiger partial charge in [-0.25, -0.2) is 0 Å². The summed E-state index contributed by atoms with van der Waals surface area (Å²) in [5, 5.41) is 8.76. The zero-order valence-corrected chi connectivity index (χ0v) is 15.6. The maximum Gasteiger partial charge on any atom is 0.224 e. The fraction of sp³-hybridized carbons (Fsp3) is 0.429. The van der Waals surface area contributed by atoms with Crippen LogP contribution in [0, 0.1) is 13.8 Å². The van der Waals surface area contributed by atoms with Crippen molar-refractivity contribution in [2.75, 3.05) is 5.32 Å². The van der Waals surface area contributed by atoms with E-state index in [1.165, 1.54) is 35.0 Å². The fourth-order valence-electron chi connectivity index (χ4n) is 4.00. The van der Waals surface area contributed by atoms with Crippen LogP contribution in [0.3, 0.4) is 0 Å². The summed E-state index contributed by atoms with van der Waals surface area (Å²) in [6.07, 6.45) is 6.08. The summed E-state index contributed by atoms with van der Waals surface area (Å²) in [6.45, 7) is 4.82. The van der Waals surface area contributed by atoms with E-state index in [1.807, 2.05) is 24.6 Å². The van der Waals surface area contributed by atoms with Crippen LogP contribution in [0.25, 0.3) is 10.9 Å². The standard InChI is InChI=1S/C21H26N4O/c1-14-12-15(2)25(24-14)11-5-8-21(26)22-16-9-10-20-18(13-16)17-6-3-4-7-19(17)23-20/h9-10,12-13,23H,3-8,11H2,1-2H3,(H,22,26). The average Bonchev–Trinajstić information content (AvgIpc) is 3.14. The molecule has 1 aliphatic rings. The molecule has 1 amide bonds. The van der Waals surface area contributed by atoms with Gasteiger partial charge in [-0.3, -0.25) is 9.48 Å². The number of aryl methyl sites for hydroxylation is 5. The fourth-order valence-corrected chi connectivity index (χ4v) is 4.00. The van der Waals surface area contributed by atoms with Gasteiger partial charge >= 0.3 is 0 Å². The second-order valence-corrected chi connectivity index (χ2v) is 7.35. The number of nitrogens with zero attached hydrogens (tertiary/aromatic N) is 2. The number of hydrogen-bond acceptors (Lipinski definition) is 2. The lowest BCUT2D eigenvalue weighted by Crippen LogP contribution is -2.13. The molecule has 0 fully saturated rings. The van der Waals surface area contributed by atoms with Gasteiger partial charge in [0.05, 0.1) is 5.69 Å². The molecule has 1 aromatic carbocycles.